The Kier molecular flexibility index (Phi) is 9.80. The van der Waals surface area contributed by atoms with E-state index in [1.807, 2.05) is 27.7 Å². The van der Waals surface area contributed by atoms with Gasteiger partial charge >= 0.3 is 0 Å². The van der Waals surface area contributed by atoms with Gasteiger partial charge in [-0.2, -0.15) is 0 Å². The summed E-state index contributed by atoms with van der Waals surface area (Å²) in [6.07, 6.45) is 7.74. The van der Waals surface area contributed by atoms with Gasteiger partial charge in [0, 0.05) is 0 Å². The van der Waals surface area contributed by atoms with Crippen LogP contribution < -0.4 is 0 Å². The summed E-state index contributed by atoms with van der Waals surface area (Å²) in [5.41, 5.74) is 2.98. The molecule has 0 heteroatoms. The minimum Gasteiger partial charge on any atom is -0.0696 e. The van der Waals surface area contributed by atoms with E-state index in [1.165, 1.54) is 31.2 Å². The standard InChI is InChI=1S/C12H14.2C2H6/c1-2-6-11(7-3-1)10-12-8-4-5-9-12;2*1-2/h1-3,6-7,10H,4-5,8-9H2;2*1-2H3. The summed E-state index contributed by atoms with van der Waals surface area (Å²) in [5.74, 6) is 0. The fourth-order valence-corrected chi connectivity index (χ4v) is 1.76. The largest absolute Gasteiger partial charge is 0.0696 e. The Morgan fingerprint density at radius 2 is 1.31 bits per heavy atom. The predicted octanol–water partition coefficient (Wildman–Crippen LogP) is 5.70. The van der Waals surface area contributed by atoms with Gasteiger partial charge in [-0.25, -0.2) is 0 Å². The van der Waals surface area contributed by atoms with Crippen LogP contribution in [0.15, 0.2) is 35.9 Å². The second-order valence-electron chi connectivity index (χ2n) is 3.42. The summed E-state index contributed by atoms with van der Waals surface area (Å²) >= 11 is 0. The Morgan fingerprint density at radius 3 is 1.81 bits per heavy atom. The van der Waals surface area contributed by atoms with Gasteiger partial charge in [0.05, 0.1) is 0 Å². The maximum Gasteiger partial charge on any atom is -0.0257 e. The molecule has 0 spiro atoms. The Hall–Kier alpha value is -1.04. The molecule has 0 N–H and O–H groups in total. The monoisotopic (exact) mass is 218 g/mol. The molecule has 0 unspecified atom stereocenters. The van der Waals surface area contributed by atoms with Crippen LogP contribution in [0.4, 0.5) is 0 Å². The summed E-state index contributed by atoms with van der Waals surface area (Å²) in [6, 6.07) is 10.6. The highest BCUT2D eigenvalue weighted by atomic mass is 14.1. The molecule has 90 valence electrons. The zero-order chi connectivity index (χ0) is 12.2. The Balaban J connectivity index is 0.000000509. The van der Waals surface area contributed by atoms with E-state index in [9.17, 15) is 0 Å². The molecular formula is C16H26. The number of rotatable bonds is 1. The lowest BCUT2D eigenvalue weighted by Crippen LogP contribution is -1.73. The first-order valence-corrected chi connectivity index (χ1v) is 6.70. The maximum absolute atomic E-state index is 2.34. The van der Waals surface area contributed by atoms with E-state index in [2.05, 4.69) is 36.4 Å². The molecule has 0 aliphatic heterocycles. The Labute approximate surface area is 101 Å². The van der Waals surface area contributed by atoms with Crippen molar-refractivity contribution in [2.75, 3.05) is 0 Å². The Bertz CT molecular complexity index is 261. The molecule has 0 nitrogen and oxygen atoms in total. The molecule has 1 aliphatic rings. The molecule has 2 rings (SSSR count). The molecule has 1 fully saturated rings. The predicted molar refractivity (Wildman–Crippen MR) is 75.6 cm³/mol. The lowest BCUT2D eigenvalue weighted by molar-refractivity contribution is 0.886. The summed E-state index contributed by atoms with van der Waals surface area (Å²) < 4.78 is 0. The molecule has 0 aromatic heterocycles. The molecule has 0 bridgehead atoms. The highest BCUT2D eigenvalue weighted by Crippen LogP contribution is 2.25. The van der Waals surface area contributed by atoms with Crippen LogP contribution in [-0.4, -0.2) is 0 Å². The van der Waals surface area contributed by atoms with Crippen LogP contribution in [0.2, 0.25) is 0 Å². The normalized spacial score (nSPS) is 13.1. The van der Waals surface area contributed by atoms with Crippen LogP contribution >= 0.6 is 0 Å². The summed E-state index contributed by atoms with van der Waals surface area (Å²) in [5, 5.41) is 0. The van der Waals surface area contributed by atoms with Gasteiger partial charge in [0.1, 0.15) is 0 Å². The van der Waals surface area contributed by atoms with Crippen molar-refractivity contribution in [1.82, 2.24) is 0 Å². The van der Waals surface area contributed by atoms with Crippen molar-refractivity contribution in [3.63, 3.8) is 0 Å². The number of hydrogen-bond acceptors (Lipinski definition) is 0. The molecule has 0 heterocycles. The van der Waals surface area contributed by atoms with Crippen molar-refractivity contribution in [1.29, 1.82) is 0 Å². The van der Waals surface area contributed by atoms with E-state index in [-0.39, 0.29) is 0 Å². The molecule has 1 aromatic carbocycles. The topological polar surface area (TPSA) is 0 Å². The van der Waals surface area contributed by atoms with Crippen LogP contribution in [0.3, 0.4) is 0 Å². The molecule has 0 amide bonds. The summed E-state index contributed by atoms with van der Waals surface area (Å²) in [4.78, 5) is 0. The Morgan fingerprint density at radius 1 is 0.812 bits per heavy atom. The van der Waals surface area contributed by atoms with Crippen LogP contribution in [0, 0.1) is 0 Å². The first-order chi connectivity index (χ1) is 7.95. The van der Waals surface area contributed by atoms with Crippen LogP contribution in [0.5, 0.6) is 0 Å². The molecule has 1 saturated carbocycles. The average Bonchev–Trinajstić information content (AvgIpc) is 2.88. The van der Waals surface area contributed by atoms with Gasteiger partial charge in [-0.15, -0.1) is 0 Å². The van der Waals surface area contributed by atoms with Gasteiger partial charge in [-0.05, 0) is 31.2 Å². The van der Waals surface area contributed by atoms with E-state index < -0.39 is 0 Å². The fourth-order valence-electron chi connectivity index (χ4n) is 1.76. The third-order valence-corrected chi connectivity index (χ3v) is 2.42. The van der Waals surface area contributed by atoms with Crippen molar-refractivity contribution < 1.29 is 0 Å². The van der Waals surface area contributed by atoms with Gasteiger partial charge in [-0.1, -0.05) is 69.7 Å². The second-order valence-corrected chi connectivity index (χ2v) is 3.42. The fraction of sp³-hybridized carbons (Fsp3) is 0.500. The number of hydrogen-bond donors (Lipinski definition) is 0. The van der Waals surface area contributed by atoms with Crippen molar-refractivity contribution >= 4 is 6.08 Å². The van der Waals surface area contributed by atoms with E-state index in [0.717, 1.165) is 0 Å². The maximum atomic E-state index is 2.34. The van der Waals surface area contributed by atoms with Gasteiger partial charge in [0.15, 0.2) is 0 Å². The number of benzene rings is 1. The molecule has 1 aromatic rings. The average molecular weight is 218 g/mol. The van der Waals surface area contributed by atoms with Crippen molar-refractivity contribution in [3.8, 4) is 0 Å². The molecule has 0 radical (unpaired) electrons. The highest BCUT2D eigenvalue weighted by molar-refractivity contribution is 5.52. The minimum absolute atomic E-state index is 1.31. The molecule has 0 saturated heterocycles. The molecule has 0 atom stereocenters. The van der Waals surface area contributed by atoms with Gasteiger partial charge in [0.2, 0.25) is 0 Å². The third-order valence-electron chi connectivity index (χ3n) is 2.42. The molecule has 16 heavy (non-hydrogen) atoms. The quantitative estimate of drug-likeness (QED) is 0.567. The summed E-state index contributed by atoms with van der Waals surface area (Å²) in [7, 11) is 0. The second kappa shape index (κ2) is 10.5. The highest BCUT2D eigenvalue weighted by Gasteiger charge is 2.05. The zero-order valence-corrected chi connectivity index (χ0v) is 11.3. The van der Waals surface area contributed by atoms with Crippen molar-refractivity contribution in [2.24, 2.45) is 0 Å². The van der Waals surface area contributed by atoms with E-state index in [1.54, 1.807) is 5.57 Å². The molecule has 1 aliphatic carbocycles. The lowest BCUT2D eigenvalue weighted by atomic mass is 10.1. The van der Waals surface area contributed by atoms with Crippen molar-refractivity contribution in [2.45, 2.75) is 53.4 Å². The first-order valence-electron chi connectivity index (χ1n) is 6.70. The van der Waals surface area contributed by atoms with E-state index >= 15 is 0 Å². The summed E-state index contributed by atoms with van der Waals surface area (Å²) in [6.45, 7) is 8.00. The van der Waals surface area contributed by atoms with E-state index in [4.69, 9.17) is 0 Å². The molecular weight excluding hydrogens is 192 g/mol. The van der Waals surface area contributed by atoms with E-state index in [0.29, 0.717) is 0 Å². The van der Waals surface area contributed by atoms with Crippen LogP contribution in [-0.2, 0) is 0 Å². The SMILES string of the molecule is C(=C1CCCC1)c1ccccc1.CC.CC. The van der Waals surface area contributed by atoms with Crippen molar-refractivity contribution in [3.05, 3.63) is 41.5 Å². The zero-order valence-electron chi connectivity index (χ0n) is 11.3. The minimum atomic E-state index is 1.31. The van der Waals surface area contributed by atoms with Crippen LogP contribution in [0.25, 0.3) is 6.08 Å². The third kappa shape index (κ3) is 5.75. The smallest absolute Gasteiger partial charge is 0.0257 e. The van der Waals surface area contributed by atoms with Gasteiger partial charge in [0.25, 0.3) is 0 Å². The van der Waals surface area contributed by atoms with Gasteiger partial charge < -0.3 is 0 Å². The lowest BCUT2D eigenvalue weighted by Gasteiger charge is -1.95. The van der Waals surface area contributed by atoms with Crippen LogP contribution in [0.1, 0.15) is 58.9 Å². The first kappa shape index (κ1) is 15.0. The van der Waals surface area contributed by atoms with Gasteiger partial charge in [-0.3, -0.25) is 0 Å². The number of allylic oxidation sites excluding steroid dienone is 1.